The monoisotopic (exact) mass is 230 g/mol. The Labute approximate surface area is 107 Å². The predicted molar refractivity (Wildman–Crippen MR) is 78.0 cm³/mol. The molecule has 0 heterocycles. The minimum atomic E-state index is 0.628. The molecule has 0 N–H and O–H groups in total. The zero-order valence-electron chi connectivity index (χ0n) is 12.2. The first kappa shape index (κ1) is 14.0. The van der Waals surface area contributed by atoms with Gasteiger partial charge in [-0.25, -0.2) is 0 Å². The van der Waals surface area contributed by atoms with Crippen LogP contribution in [0.15, 0.2) is 46.6 Å². The van der Waals surface area contributed by atoms with Gasteiger partial charge in [0, 0.05) is 5.92 Å². The summed E-state index contributed by atoms with van der Waals surface area (Å²) in [5, 5.41) is 0. The standard InChI is InChI=1S/C15H20.C2H6/c1-10(2)15-12(4)11(3)9-13-7-5-6-8-14(13)15;1-2/h5-8,13-14H,9H2,1-4H3;1-2H3. The van der Waals surface area contributed by atoms with E-state index in [0.29, 0.717) is 11.8 Å². The number of hydrogen-bond donors (Lipinski definition) is 0. The van der Waals surface area contributed by atoms with E-state index in [1.54, 1.807) is 11.1 Å². The van der Waals surface area contributed by atoms with Gasteiger partial charge < -0.3 is 0 Å². The van der Waals surface area contributed by atoms with Crippen LogP contribution in [0.1, 0.15) is 48.0 Å². The molecule has 0 saturated heterocycles. The van der Waals surface area contributed by atoms with Crippen LogP contribution in [0.5, 0.6) is 0 Å². The highest BCUT2D eigenvalue weighted by Gasteiger charge is 2.29. The summed E-state index contributed by atoms with van der Waals surface area (Å²) in [5.74, 6) is 1.33. The van der Waals surface area contributed by atoms with Crippen molar-refractivity contribution in [3.05, 3.63) is 46.6 Å². The Morgan fingerprint density at radius 3 is 2.24 bits per heavy atom. The summed E-state index contributed by atoms with van der Waals surface area (Å²) >= 11 is 0. The van der Waals surface area contributed by atoms with Crippen LogP contribution in [0.2, 0.25) is 0 Å². The molecule has 0 aliphatic heterocycles. The highest BCUT2D eigenvalue weighted by atomic mass is 14.3. The van der Waals surface area contributed by atoms with Crippen LogP contribution in [0.4, 0.5) is 0 Å². The van der Waals surface area contributed by atoms with Gasteiger partial charge in [0.2, 0.25) is 0 Å². The second kappa shape index (κ2) is 6.05. The second-order valence-electron chi connectivity index (χ2n) is 4.98. The Morgan fingerprint density at radius 1 is 1.06 bits per heavy atom. The fraction of sp³-hybridized carbons (Fsp3) is 0.529. The third kappa shape index (κ3) is 2.80. The number of fused-ring (bicyclic) bond motifs is 1. The van der Waals surface area contributed by atoms with Crippen molar-refractivity contribution in [2.75, 3.05) is 0 Å². The fourth-order valence-electron chi connectivity index (χ4n) is 2.85. The lowest BCUT2D eigenvalue weighted by Crippen LogP contribution is -2.22. The molecule has 0 fully saturated rings. The van der Waals surface area contributed by atoms with E-state index in [1.807, 2.05) is 13.8 Å². The van der Waals surface area contributed by atoms with E-state index in [0.717, 1.165) is 0 Å². The topological polar surface area (TPSA) is 0 Å². The fourth-order valence-corrected chi connectivity index (χ4v) is 2.85. The van der Waals surface area contributed by atoms with Crippen molar-refractivity contribution >= 4 is 0 Å². The molecule has 2 unspecified atom stereocenters. The molecule has 0 radical (unpaired) electrons. The van der Waals surface area contributed by atoms with Crippen LogP contribution in [0.25, 0.3) is 0 Å². The van der Waals surface area contributed by atoms with Gasteiger partial charge in [0.15, 0.2) is 0 Å². The third-order valence-electron chi connectivity index (χ3n) is 3.71. The van der Waals surface area contributed by atoms with Crippen molar-refractivity contribution in [3.8, 4) is 0 Å². The van der Waals surface area contributed by atoms with Crippen molar-refractivity contribution in [2.45, 2.75) is 48.0 Å². The van der Waals surface area contributed by atoms with Crippen LogP contribution in [0, 0.1) is 11.8 Å². The Hall–Kier alpha value is -1.04. The molecule has 0 heteroatoms. The molecular weight excluding hydrogens is 204 g/mol. The van der Waals surface area contributed by atoms with E-state index in [4.69, 9.17) is 0 Å². The van der Waals surface area contributed by atoms with Crippen molar-refractivity contribution in [1.29, 1.82) is 0 Å². The summed E-state index contributed by atoms with van der Waals surface area (Å²) in [6.45, 7) is 13.0. The quantitative estimate of drug-likeness (QED) is 0.519. The van der Waals surface area contributed by atoms with Crippen molar-refractivity contribution < 1.29 is 0 Å². The van der Waals surface area contributed by atoms with Gasteiger partial charge >= 0.3 is 0 Å². The largest absolute Gasteiger partial charge is 0.0802 e. The van der Waals surface area contributed by atoms with Gasteiger partial charge in [-0.1, -0.05) is 49.3 Å². The maximum atomic E-state index is 2.36. The van der Waals surface area contributed by atoms with Crippen LogP contribution in [-0.2, 0) is 0 Å². The van der Waals surface area contributed by atoms with Crippen LogP contribution >= 0.6 is 0 Å². The Bertz CT molecular complexity index is 384. The van der Waals surface area contributed by atoms with Gasteiger partial charge in [0.05, 0.1) is 0 Å². The molecule has 0 bridgehead atoms. The molecule has 0 saturated carbocycles. The first-order chi connectivity index (χ1) is 8.11. The van der Waals surface area contributed by atoms with E-state index >= 15 is 0 Å². The van der Waals surface area contributed by atoms with Crippen molar-refractivity contribution in [1.82, 2.24) is 0 Å². The first-order valence-electron chi connectivity index (χ1n) is 6.80. The lowest BCUT2D eigenvalue weighted by molar-refractivity contribution is 0.500. The molecule has 2 rings (SSSR count). The van der Waals surface area contributed by atoms with Gasteiger partial charge in [-0.05, 0) is 51.2 Å². The highest BCUT2D eigenvalue weighted by molar-refractivity contribution is 5.45. The van der Waals surface area contributed by atoms with E-state index in [1.165, 1.54) is 17.6 Å². The number of hydrogen-bond acceptors (Lipinski definition) is 0. The molecule has 0 nitrogen and oxygen atoms in total. The molecule has 2 aliphatic rings. The molecule has 94 valence electrons. The van der Waals surface area contributed by atoms with E-state index in [2.05, 4.69) is 52.0 Å². The summed E-state index contributed by atoms with van der Waals surface area (Å²) in [7, 11) is 0. The lowest BCUT2D eigenvalue weighted by atomic mass is 9.70. The third-order valence-corrected chi connectivity index (χ3v) is 3.71. The molecule has 0 aromatic rings. The molecule has 0 aromatic heterocycles. The van der Waals surface area contributed by atoms with Gasteiger partial charge in [0.1, 0.15) is 0 Å². The van der Waals surface area contributed by atoms with E-state index in [-0.39, 0.29) is 0 Å². The second-order valence-corrected chi connectivity index (χ2v) is 4.98. The molecule has 2 aliphatic carbocycles. The predicted octanol–water partition coefficient (Wildman–Crippen LogP) is 5.45. The summed E-state index contributed by atoms with van der Waals surface area (Å²) in [5.41, 5.74) is 6.13. The van der Waals surface area contributed by atoms with Gasteiger partial charge in [-0.3, -0.25) is 0 Å². The Morgan fingerprint density at radius 2 is 1.65 bits per heavy atom. The minimum Gasteiger partial charge on any atom is -0.0802 e. The van der Waals surface area contributed by atoms with Gasteiger partial charge in [-0.2, -0.15) is 0 Å². The van der Waals surface area contributed by atoms with Crippen LogP contribution in [0.3, 0.4) is 0 Å². The van der Waals surface area contributed by atoms with Crippen molar-refractivity contribution in [2.24, 2.45) is 11.8 Å². The summed E-state index contributed by atoms with van der Waals surface area (Å²) in [4.78, 5) is 0. The summed E-state index contributed by atoms with van der Waals surface area (Å²) in [6, 6.07) is 0. The minimum absolute atomic E-state index is 0.628. The average molecular weight is 230 g/mol. The van der Waals surface area contributed by atoms with Crippen molar-refractivity contribution in [3.63, 3.8) is 0 Å². The maximum Gasteiger partial charge on any atom is 0.00890 e. The van der Waals surface area contributed by atoms with Gasteiger partial charge in [-0.15, -0.1) is 0 Å². The number of rotatable bonds is 0. The SMILES string of the molecule is CC.CC(C)=C1C(C)=C(C)CC2C=CC=CC12. The first-order valence-corrected chi connectivity index (χ1v) is 6.80. The van der Waals surface area contributed by atoms with E-state index in [9.17, 15) is 0 Å². The average Bonchev–Trinajstić information content (AvgIpc) is 2.33. The zero-order chi connectivity index (χ0) is 13.0. The molecular formula is C17H26. The van der Waals surface area contributed by atoms with Gasteiger partial charge in [0.25, 0.3) is 0 Å². The molecule has 0 spiro atoms. The molecule has 0 amide bonds. The van der Waals surface area contributed by atoms with E-state index < -0.39 is 0 Å². The Balaban J connectivity index is 0.000000686. The Kier molecular flexibility index (Phi) is 4.99. The normalized spacial score (nSPS) is 26.4. The molecule has 2 atom stereocenters. The highest BCUT2D eigenvalue weighted by Crippen LogP contribution is 2.42. The molecule has 17 heavy (non-hydrogen) atoms. The van der Waals surface area contributed by atoms with Crippen LogP contribution < -0.4 is 0 Å². The van der Waals surface area contributed by atoms with Crippen LogP contribution in [-0.4, -0.2) is 0 Å². The smallest absolute Gasteiger partial charge is 0.00890 e. The number of allylic oxidation sites excluding steroid dienone is 8. The lowest BCUT2D eigenvalue weighted by Gasteiger charge is -2.34. The maximum absolute atomic E-state index is 2.36. The molecule has 0 aromatic carbocycles. The summed E-state index contributed by atoms with van der Waals surface area (Å²) in [6.07, 6.45) is 10.3. The zero-order valence-corrected chi connectivity index (χ0v) is 12.2. The summed E-state index contributed by atoms with van der Waals surface area (Å²) < 4.78 is 0.